The maximum absolute atomic E-state index is 12.2. The molecule has 4 N–H and O–H groups in total. The van der Waals surface area contributed by atoms with E-state index >= 15 is 0 Å². The first-order valence-electron chi connectivity index (χ1n) is 10.9. The minimum absolute atomic E-state index is 0.169. The molecule has 0 aromatic heterocycles. The van der Waals surface area contributed by atoms with E-state index in [1.165, 1.54) is 51.4 Å². The van der Waals surface area contributed by atoms with Gasteiger partial charge in [-0.15, -0.1) is 0 Å². The standard InChI is InChI=1S/C21H43N3O2/c1-2-3-15-21(26)24(19-16-20(23)25)18-14-12-10-8-6-4-5-7-9-11-13-17-22/h2-19,22H2,1H3,(H2,23,25). The lowest BCUT2D eigenvalue weighted by molar-refractivity contribution is -0.131. The molecule has 0 saturated carbocycles. The van der Waals surface area contributed by atoms with Crippen molar-refractivity contribution >= 4 is 11.8 Å². The predicted octanol–water partition coefficient (Wildman–Crippen LogP) is 4.13. The Morgan fingerprint density at radius 3 is 1.65 bits per heavy atom. The molecule has 154 valence electrons. The van der Waals surface area contributed by atoms with Gasteiger partial charge in [-0.05, 0) is 25.8 Å². The Labute approximate surface area is 161 Å². The molecular weight excluding hydrogens is 326 g/mol. The Bertz CT molecular complexity index is 348. The van der Waals surface area contributed by atoms with E-state index in [1.807, 2.05) is 4.90 Å². The van der Waals surface area contributed by atoms with Crippen molar-refractivity contribution in [2.45, 2.75) is 103 Å². The highest BCUT2D eigenvalue weighted by molar-refractivity contribution is 5.78. The third-order valence-corrected chi connectivity index (χ3v) is 4.86. The lowest BCUT2D eigenvalue weighted by atomic mass is 10.1. The van der Waals surface area contributed by atoms with Crippen molar-refractivity contribution in [3.8, 4) is 0 Å². The summed E-state index contributed by atoms with van der Waals surface area (Å²) < 4.78 is 0. The summed E-state index contributed by atoms with van der Waals surface area (Å²) in [6.07, 6.45) is 16.6. The van der Waals surface area contributed by atoms with E-state index in [-0.39, 0.29) is 18.2 Å². The first-order valence-corrected chi connectivity index (χ1v) is 10.9. The van der Waals surface area contributed by atoms with Gasteiger partial charge in [-0.2, -0.15) is 0 Å². The molecule has 0 aliphatic carbocycles. The second-order valence-corrected chi connectivity index (χ2v) is 7.38. The number of rotatable bonds is 19. The first-order chi connectivity index (χ1) is 12.6. The van der Waals surface area contributed by atoms with Crippen molar-refractivity contribution in [2.24, 2.45) is 11.5 Å². The maximum atomic E-state index is 12.2. The van der Waals surface area contributed by atoms with Gasteiger partial charge in [0.15, 0.2) is 0 Å². The Balaban J connectivity index is 3.67. The molecule has 5 heteroatoms. The Kier molecular flexibility index (Phi) is 17.9. The van der Waals surface area contributed by atoms with Crippen molar-refractivity contribution in [3.63, 3.8) is 0 Å². The fourth-order valence-electron chi connectivity index (χ4n) is 3.13. The van der Waals surface area contributed by atoms with Crippen LogP contribution in [0.2, 0.25) is 0 Å². The Morgan fingerprint density at radius 1 is 0.692 bits per heavy atom. The summed E-state index contributed by atoms with van der Waals surface area (Å²) in [7, 11) is 0. The highest BCUT2D eigenvalue weighted by Gasteiger charge is 2.13. The lowest BCUT2D eigenvalue weighted by Crippen LogP contribution is -2.34. The van der Waals surface area contributed by atoms with Crippen molar-refractivity contribution in [2.75, 3.05) is 19.6 Å². The largest absolute Gasteiger partial charge is 0.370 e. The topological polar surface area (TPSA) is 89.4 Å². The number of carbonyl (C=O) groups is 2. The van der Waals surface area contributed by atoms with E-state index in [1.54, 1.807) is 0 Å². The first kappa shape index (κ1) is 24.9. The predicted molar refractivity (Wildman–Crippen MR) is 110 cm³/mol. The van der Waals surface area contributed by atoms with Crippen LogP contribution in [0.1, 0.15) is 103 Å². The van der Waals surface area contributed by atoms with Gasteiger partial charge in [0.2, 0.25) is 11.8 Å². The van der Waals surface area contributed by atoms with Crippen LogP contribution < -0.4 is 11.5 Å². The molecule has 0 aliphatic rings. The molecule has 0 atom stereocenters. The van der Waals surface area contributed by atoms with Crippen molar-refractivity contribution in [1.29, 1.82) is 0 Å². The van der Waals surface area contributed by atoms with Crippen LogP contribution in [0.4, 0.5) is 0 Å². The van der Waals surface area contributed by atoms with Gasteiger partial charge in [-0.3, -0.25) is 9.59 Å². The summed E-state index contributed by atoms with van der Waals surface area (Å²) >= 11 is 0. The van der Waals surface area contributed by atoms with Crippen molar-refractivity contribution in [1.82, 2.24) is 4.90 Å². The van der Waals surface area contributed by atoms with Gasteiger partial charge in [0.05, 0.1) is 0 Å². The number of carbonyl (C=O) groups excluding carboxylic acids is 2. The van der Waals surface area contributed by atoms with Gasteiger partial charge in [0.1, 0.15) is 0 Å². The zero-order chi connectivity index (χ0) is 19.5. The molecule has 0 fully saturated rings. The molecule has 0 spiro atoms. The summed E-state index contributed by atoms with van der Waals surface area (Å²) in [5.74, 6) is -0.163. The molecule has 0 rings (SSSR count). The molecule has 0 aromatic carbocycles. The fraction of sp³-hybridized carbons (Fsp3) is 0.905. The van der Waals surface area contributed by atoms with E-state index in [0.29, 0.717) is 13.0 Å². The molecule has 2 amide bonds. The minimum atomic E-state index is -0.332. The van der Waals surface area contributed by atoms with E-state index in [9.17, 15) is 9.59 Å². The van der Waals surface area contributed by atoms with Gasteiger partial charge in [-0.1, -0.05) is 71.1 Å². The van der Waals surface area contributed by atoms with Gasteiger partial charge < -0.3 is 16.4 Å². The maximum Gasteiger partial charge on any atom is 0.222 e. The zero-order valence-electron chi connectivity index (χ0n) is 17.1. The van der Waals surface area contributed by atoms with Gasteiger partial charge in [0.25, 0.3) is 0 Å². The van der Waals surface area contributed by atoms with Crippen LogP contribution >= 0.6 is 0 Å². The minimum Gasteiger partial charge on any atom is -0.370 e. The van der Waals surface area contributed by atoms with Crippen LogP contribution in [-0.4, -0.2) is 36.3 Å². The van der Waals surface area contributed by atoms with E-state index < -0.39 is 0 Å². The third kappa shape index (κ3) is 16.4. The average molecular weight is 370 g/mol. The zero-order valence-corrected chi connectivity index (χ0v) is 17.1. The highest BCUT2D eigenvalue weighted by atomic mass is 16.2. The molecule has 26 heavy (non-hydrogen) atoms. The summed E-state index contributed by atoms with van der Waals surface area (Å²) in [4.78, 5) is 25.0. The SMILES string of the molecule is CCCCC(=O)N(CCCCCCCCCCCCCN)CCC(N)=O. The third-order valence-electron chi connectivity index (χ3n) is 4.86. The van der Waals surface area contributed by atoms with Crippen LogP contribution in [0, 0.1) is 0 Å². The van der Waals surface area contributed by atoms with Crippen LogP contribution in [0.5, 0.6) is 0 Å². The van der Waals surface area contributed by atoms with E-state index in [2.05, 4.69) is 6.92 Å². The lowest BCUT2D eigenvalue weighted by Gasteiger charge is -2.22. The van der Waals surface area contributed by atoms with Crippen LogP contribution in [-0.2, 0) is 9.59 Å². The fourth-order valence-corrected chi connectivity index (χ4v) is 3.13. The van der Waals surface area contributed by atoms with Crippen LogP contribution in [0.25, 0.3) is 0 Å². The monoisotopic (exact) mass is 369 g/mol. The molecule has 0 heterocycles. The number of amides is 2. The second kappa shape index (κ2) is 18.7. The summed E-state index contributed by atoms with van der Waals surface area (Å²) in [5.41, 5.74) is 10.7. The number of primary amides is 1. The van der Waals surface area contributed by atoms with Gasteiger partial charge in [0, 0.05) is 25.9 Å². The summed E-state index contributed by atoms with van der Waals surface area (Å²) in [5, 5.41) is 0. The van der Waals surface area contributed by atoms with Gasteiger partial charge >= 0.3 is 0 Å². The molecule has 0 saturated heterocycles. The van der Waals surface area contributed by atoms with E-state index in [0.717, 1.165) is 45.2 Å². The number of nitrogens with zero attached hydrogens (tertiary/aromatic N) is 1. The number of hydrogen-bond acceptors (Lipinski definition) is 3. The molecular formula is C21H43N3O2. The van der Waals surface area contributed by atoms with Crippen LogP contribution in [0.15, 0.2) is 0 Å². The number of nitrogens with two attached hydrogens (primary N) is 2. The van der Waals surface area contributed by atoms with Gasteiger partial charge in [-0.25, -0.2) is 0 Å². The van der Waals surface area contributed by atoms with Crippen molar-refractivity contribution in [3.05, 3.63) is 0 Å². The normalized spacial score (nSPS) is 10.8. The quantitative estimate of drug-likeness (QED) is 0.335. The van der Waals surface area contributed by atoms with Crippen LogP contribution in [0.3, 0.4) is 0 Å². The molecule has 0 bridgehead atoms. The highest BCUT2D eigenvalue weighted by Crippen LogP contribution is 2.12. The number of unbranched alkanes of at least 4 members (excludes halogenated alkanes) is 11. The molecule has 5 nitrogen and oxygen atoms in total. The smallest absolute Gasteiger partial charge is 0.222 e. The van der Waals surface area contributed by atoms with E-state index in [4.69, 9.17) is 11.5 Å². The number of hydrogen-bond donors (Lipinski definition) is 2. The molecule has 0 aromatic rings. The Morgan fingerprint density at radius 2 is 1.19 bits per heavy atom. The summed E-state index contributed by atoms with van der Waals surface area (Å²) in [6, 6.07) is 0. The molecule has 0 unspecified atom stereocenters. The summed E-state index contributed by atoms with van der Waals surface area (Å²) in [6.45, 7) is 4.14. The molecule has 0 radical (unpaired) electrons. The second-order valence-electron chi connectivity index (χ2n) is 7.38. The van der Waals surface area contributed by atoms with Crippen molar-refractivity contribution < 1.29 is 9.59 Å². The Hall–Kier alpha value is -1.10. The molecule has 0 aliphatic heterocycles. The average Bonchev–Trinajstić information content (AvgIpc) is 2.62.